The summed E-state index contributed by atoms with van der Waals surface area (Å²) in [6, 6.07) is 30.3. The summed E-state index contributed by atoms with van der Waals surface area (Å²) < 4.78 is 5.85. The third-order valence-corrected chi connectivity index (χ3v) is 6.14. The van der Waals surface area contributed by atoms with Crippen molar-refractivity contribution in [1.82, 2.24) is 4.90 Å². The average Bonchev–Trinajstić information content (AvgIpc) is 2.90. The van der Waals surface area contributed by atoms with E-state index in [0.29, 0.717) is 19.7 Å². The number of rotatable bonds is 15. The molecule has 0 fully saturated rings. The minimum atomic E-state index is -0.320. The fourth-order valence-electron chi connectivity index (χ4n) is 4.19. The average molecular weight is 470 g/mol. The second kappa shape index (κ2) is 15.7. The SMILES string of the molecule is CCCCC/C=C/CC[C@@H](C(=O)OCc1ccccc1)N(Cc1ccccc1)Cc1ccccc1. The summed E-state index contributed by atoms with van der Waals surface area (Å²) in [6.07, 6.45) is 10.9. The van der Waals surface area contributed by atoms with Crippen molar-refractivity contribution in [3.63, 3.8) is 0 Å². The number of benzene rings is 3. The fraction of sp³-hybridized carbons (Fsp3) is 0.344. The van der Waals surface area contributed by atoms with E-state index in [4.69, 9.17) is 4.74 Å². The number of esters is 1. The summed E-state index contributed by atoms with van der Waals surface area (Å²) in [5.41, 5.74) is 3.40. The van der Waals surface area contributed by atoms with Gasteiger partial charge in [0.1, 0.15) is 12.6 Å². The van der Waals surface area contributed by atoms with Crippen molar-refractivity contribution in [2.24, 2.45) is 0 Å². The number of ether oxygens (including phenoxy) is 1. The predicted molar refractivity (Wildman–Crippen MR) is 145 cm³/mol. The highest BCUT2D eigenvalue weighted by molar-refractivity contribution is 5.75. The first-order valence-electron chi connectivity index (χ1n) is 12.9. The smallest absolute Gasteiger partial charge is 0.323 e. The highest BCUT2D eigenvalue weighted by atomic mass is 16.5. The van der Waals surface area contributed by atoms with Crippen molar-refractivity contribution < 1.29 is 9.53 Å². The maximum absolute atomic E-state index is 13.5. The zero-order valence-corrected chi connectivity index (χ0v) is 21.0. The van der Waals surface area contributed by atoms with Crippen molar-refractivity contribution in [3.05, 3.63) is 120 Å². The molecule has 0 aromatic heterocycles. The van der Waals surface area contributed by atoms with Crippen LogP contribution in [0.3, 0.4) is 0 Å². The summed E-state index contributed by atoms with van der Waals surface area (Å²) in [4.78, 5) is 15.7. The van der Waals surface area contributed by atoms with Crippen molar-refractivity contribution in [3.8, 4) is 0 Å². The lowest BCUT2D eigenvalue weighted by atomic mass is 10.1. The molecule has 0 aliphatic rings. The van der Waals surface area contributed by atoms with Crippen LogP contribution in [0, 0.1) is 0 Å². The Balaban J connectivity index is 1.75. The van der Waals surface area contributed by atoms with Crippen molar-refractivity contribution in [1.29, 1.82) is 0 Å². The number of carbonyl (C=O) groups is 1. The van der Waals surface area contributed by atoms with Crippen LogP contribution < -0.4 is 0 Å². The van der Waals surface area contributed by atoms with Crippen molar-refractivity contribution >= 4 is 5.97 Å². The van der Waals surface area contributed by atoms with E-state index in [9.17, 15) is 4.79 Å². The van der Waals surface area contributed by atoms with E-state index < -0.39 is 0 Å². The molecule has 3 heteroatoms. The van der Waals surface area contributed by atoms with Gasteiger partial charge in [-0.2, -0.15) is 0 Å². The van der Waals surface area contributed by atoms with Gasteiger partial charge in [0, 0.05) is 13.1 Å². The van der Waals surface area contributed by atoms with Gasteiger partial charge in [0.25, 0.3) is 0 Å². The van der Waals surface area contributed by atoms with Crippen LogP contribution in [0.25, 0.3) is 0 Å². The molecular weight excluding hydrogens is 430 g/mol. The fourth-order valence-corrected chi connectivity index (χ4v) is 4.19. The maximum atomic E-state index is 13.5. The molecule has 0 aliphatic heterocycles. The minimum Gasteiger partial charge on any atom is -0.460 e. The first-order valence-corrected chi connectivity index (χ1v) is 12.9. The van der Waals surface area contributed by atoms with Gasteiger partial charge in [-0.3, -0.25) is 9.69 Å². The number of carbonyl (C=O) groups excluding carboxylic acids is 1. The third kappa shape index (κ3) is 9.92. The Morgan fingerprint density at radius 3 is 1.80 bits per heavy atom. The summed E-state index contributed by atoms with van der Waals surface area (Å²) in [6.45, 7) is 3.92. The molecular formula is C32H39NO2. The van der Waals surface area contributed by atoms with Gasteiger partial charge in [-0.15, -0.1) is 0 Å². The van der Waals surface area contributed by atoms with Crippen LogP contribution in [0.2, 0.25) is 0 Å². The Bertz CT molecular complexity index is 944. The first kappa shape index (κ1) is 26.4. The van der Waals surface area contributed by atoms with Gasteiger partial charge >= 0.3 is 5.97 Å². The minimum absolute atomic E-state index is 0.153. The summed E-state index contributed by atoms with van der Waals surface area (Å²) >= 11 is 0. The largest absolute Gasteiger partial charge is 0.460 e. The van der Waals surface area contributed by atoms with Crippen LogP contribution in [0.4, 0.5) is 0 Å². The Morgan fingerprint density at radius 1 is 0.743 bits per heavy atom. The number of hydrogen-bond donors (Lipinski definition) is 0. The summed E-state index contributed by atoms with van der Waals surface area (Å²) in [5, 5.41) is 0. The Labute approximate surface area is 211 Å². The summed E-state index contributed by atoms with van der Waals surface area (Å²) in [7, 11) is 0. The molecule has 0 saturated heterocycles. The van der Waals surface area contributed by atoms with Crippen molar-refractivity contribution in [2.45, 2.75) is 71.2 Å². The molecule has 0 heterocycles. The maximum Gasteiger partial charge on any atom is 0.323 e. The molecule has 0 unspecified atom stereocenters. The number of allylic oxidation sites excluding steroid dienone is 2. The molecule has 0 aliphatic carbocycles. The quantitative estimate of drug-likeness (QED) is 0.130. The Kier molecular flexibility index (Phi) is 11.8. The molecule has 0 amide bonds. The predicted octanol–water partition coefficient (Wildman–Crippen LogP) is 7.72. The van der Waals surface area contributed by atoms with Crippen LogP contribution in [-0.4, -0.2) is 16.9 Å². The first-order chi connectivity index (χ1) is 17.3. The van der Waals surface area contributed by atoms with Gasteiger partial charge in [-0.05, 0) is 42.4 Å². The number of unbranched alkanes of at least 4 members (excludes halogenated alkanes) is 3. The molecule has 3 aromatic rings. The van der Waals surface area contributed by atoms with E-state index >= 15 is 0 Å². The molecule has 0 bridgehead atoms. The van der Waals surface area contributed by atoms with Crippen LogP contribution in [0.5, 0.6) is 0 Å². The highest BCUT2D eigenvalue weighted by Crippen LogP contribution is 2.19. The van der Waals surface area contributed by atoms with Gasteiger partial charge in [0.2, 0.25) is 0 Å². The van der Waals surface area contributed by atoms with E-state index in [2.05, 4.69) is 72.5 Å². The van der Waals surface area contributed by atoms with Gasteiger partial charge in [-0.25, -0.2) is 0 Å². The molecule has 3 nitrogen and oxygen atoms in total. The normalized spacial score (nSPS) is 12.2. The standard InChI is InChI=1S/C32H39NO2/c1-2-3-4-5-6-7-17-24-31(32(34)35-27-30-22-15-10-16-23-30)33(25-28-18-11-8-12-19-28)26-29-20-13-9-14-21-29/h6-16,18-23,31H,2-5,17,24-27H2,1H3/b7-6+/t31-/m0/s1. The third-order valence-electron chi connectivity index (χ3n) is 6.14. The molecule has 1 atom stereocenters. The van der Waals surface area contributed by atoms with Crippen LogP contribution >= 0.6 is 0 Å². The lowest BCUT2D eigenvalue weighted by Crippen LogP contribution is -2.41. The molecule has 184 valence electrons. The lowest BCUT2D eigenvalue weighted by molar-refractivity contribution is -0.152. The highest BCUT2D eigenvalue weighted by Gasteiger charge is 2.27. The van der Waals surface area contributed by atoms with Crippen molar-refractivity contribution in [2.75, 3.05) is 0 Å². The van der Waals surface area contributed by atoms with E-state index in [1.165, 1.54) is 30.4 Å². The zero-order valence-electron chi connectivity index (χ0n) is 21.0. The van der Waals surface area contributed by atoms with E-state index in [-0.39, 0.29) is 12.0 Å². The molecule has 3 rings (SSSR count). The molecule has 3 aromatic carbocycles. The van der Waals surface area contributed by atoms with Gasteiger partial charge in [0.15, 0.2) is 0 Å². The Hall–Kier alpha value is -3.17. The topological polar surface area (TPSA) is 29.5 Å². The van der Waals surface area contributed by atoms with Crippen LogP contribution in [0.1, 0.15) is 62.1 Å². The summed E-state index contributed by atoms with van der Waals surface area (Å²) in [5.74, 6) is -0.153. The zero-order chi connectivity index (χ0) is 24.6. The number of hydrogen-bond acceptors (Lipinski definition) is 3. The molecule has 0 spiro atoms. The van der Waals surface area contributed by atoms with Crippen LogP contribution in [0.15, 0.2) is 103 Å². The van der Waals surface area contributed by atoms with E-state index in [1.807, 2.05) is 42.5 Å². The Morgan fingerprint density at radius 2 is 1.26 bits per heavy atom. The molecule has 0 radical (unpaired) electrons. The lowest BCUT2D eigenvalue weighted by Gasteiger charge is -2.30. The number of nitrogens with zero attached hydrogens (tertiary/aromatic N) is 1. The van der Waals surface area contributed by atoms with Gasteiger partial charge < -0.3 is 4.74 Å². The van der Waals surface area contributed by atoms with Gasteiger partial charge in [-0.1, -0.05) is 123 Å². The monoisotopic (exact) mass is 469 g/mol. The molecule has 0 N–H and O–H groups in total. The van der Waals surface area contributed by atoms with Crippen LogP contribution in [-0.2, 0) is 29.2 Å². The second-order valence-electron chi connectivity index (χ2n) is 9.03. The molecule has 0 saturated carbocycles. The van der Waals surface area contributed by atoms with E-state index in [1.54, 1.807) is 0 Å². The second-order valence-corrected chi connectivity index (χ2v) is 9.03. The van der Waals surface area contributed by atoms with Gasteiger partial charge in [0.05, 0.1) is 0 Å². The van der Waals surface area contributed by atoms with E-state index in [0.717, 1.165) is 24.8 Å². The molecule has 35 heavy (non-hydrogen) atoms.